The summed E-state index contributed by atoms with van der Waals surface area (Å²) < 4.78 is 7.00. The van der Waals surface area contributed by atoms with Gasteiger partial charge in [-0.2, -0.15) is 0 Å². The Morgan fingerprint density at radius 2 is 1.68 bits per heavy atom. The first kappa shape index (κ1) is 28.4. The Morgan fingerprint density at radius 3 is 2.32 bits per heavy atom. The van der Waals surface area contributed by atoms with Gasteiger partial charge in [-0.05, 0) is 63.3 Å². The number of carbonyl (C=O) groups excluding carboxylic acids is 1. The van der Waals surface area contributed by atoms with Crippen molar-refractivity contribution < 1.29 is 9.53 Å². The van der Waals surface area contributed by atoms with E-state index in [0.29, 0.717) is 47.6 Å². The Labute approximate surface area is 221 Å². The summed E-state index contributed by atoms with van der Waals surface area (Å²) in [4.78, 5) is 36.5. The molecule has 3 aromatic rings. The van der Waals surface area contributed by atoms with E-state index >= 15 is 0 Å². The third-order valence-electron chi connectivity index (χ3n) is 6.80. The molecule has 3 rings (SSSR count). The van der Waals surface area contributed by atoms with Crippen molar-refractivity contribution in [3.8, 4) is 11.4 Å². The van der Waals surface area contributed by atoms with Crippen LogP contribution in [0.4, 0.5) is 0 Å². The molecule has 1 aromatic heterocycles. The number of carbonyl (C=O) groups is 1. The highest BCUT2D eigenvalue weighted by molar-refractivity contribution is 5.79. The summed E-state index contributed by atoms with van der Waals surface area (Å²) >= 11 is 0. The molecular weight excluding hydrogens is 464 g/mol. The molecule has 1 heterocycles. The minimum Gasteiger partial charge on any atom is -0.497 e. The molecule has 0 saturated carbocycles. The van der Waals surface area contributed by atoms with E-state index in [4.69, 9.17) is 9.72 Å². The van der Waals surface area contributed by atoms with Crippen LogP contribution in [0.5, 0.6) is 5.75 Å². The van der Waals surface area contributed by atoms with E-state index in [-0.39, 0.29) is 17.5 Å². The van der Waals surface area contributed by atoms with Gasteiger partial charge in [-0.15, -0.1) is 0 Å². The summed E-state index contributed by atoms with van der Waals surface area (Å²) in [6.07, 6.45) is 6.63. The molecule has 2 aromatic carbocycles. The van der Waals surface area contributed by atoms with E-state index < -0.39 is 0 Å². The normalized spacial score (nSPS) is 12.2. The van der Waals surface area contributed by atoms with Gasteiger partial charge in [0.2, 0.25) is 5.91 Å². The first-order valence-electron chi connectivity index (χ1n) is 13.5. The van der Waals surface area contributed by atoms with Crippen LogP contribution in [0, 0.1) is 0 Å². The van der Waals surface area contributed by atoms with E-state index in [2.05, 4.69) is 18.7 Å². The van der Waals surface area contributed by atoms with Crippen LogP contribution < -0.4 is 10.3 Å². The maximum absolute atomic E-state index is 13.8. The number of amides is 1. The number of hydrogen-bond donors (Lipinski definition) is 0. The molecule has 37 heavy (non-hydrogen) atoms. The van der Waals surface area contributed by atoms with Crippen LogP contribution in [-0.2, 0) is 4.79 Å². The van der Waals surface area contributed by atoms with Crippen LogP contribution in [-0.4, -0.2) is 59.6 Å². The molecule has 0 bridgehead atoms. The van der Waals surface area contributed by atoms with Crippen LogP contribution in [0.3, 0.4) is 0 Å². The third kappa shape index (κ3) is 7.19. The van der Waals surface area contributed by atoms with Crippen LogP contribution in [0.2, 0.25) is 0 Å². The lowest BCUT2D eigenvalue weighted by atomic mass is 10.1. The molecule has 7 nitrogen and oxygen atoms in total. The Kier molecular flexibility index (Phi) is 10.7. The smallest absolute Gasteiger partial charge is 0.266 e. The van der Waals surface area contributed by atoms with Crippen molar-refractivity contribution in [2.45, 2.75) is 64.8 Å². The van der Waals surface area contributed by atoms with Crippen molar-refractivity contribution in [1.29, 1.82) is 0 Å². The van der Waals surface area contributed by atoms with Gasteiger partial charge in [0, 0.05) is 19.5 Å². The standard InChI is InChI=1S/C30H42N4O3/c1-6-8-9-10-11-16-28(35)33(22-21-32(3)4)27(7-2)29-31-26-15-13-12-14-25(26)30(36)34(29)23-17-19-24(37-5)20-18-23/h12-15,17-20,27H,6-11,16,21-22H2,1-5H3. The summed E-state index contributed by atoms with van der Waals surface area (Å²) in [5, 5.41) is 0.555. The molecular formula is C30H42N4O3. The topological polar surface area (TPSA) is 67.7 Å². The minimum absolute atomic E-state index is 0.119. The highest BCUT2D eigenvalue weighted by Gasteiger charge is 2.28. The van der Waals surface area contributed by atoms with Gasteiger partial charge in [0.1, 0.15) is 11.6 Å². The van der Waals surface area contributed by atoms with Crippen molar-refractivity contribution in [2.24, 2.45) is 0 Å². The lowest BCUT2D eigenvalue weighted by Gasteiger charge is -2.33. The Morgan fingerprint density at radius 1 is 0.973 bits per heavy atom. The van der Waals surface area contributed by atoms with Crippen LogP contribution in [0.25, 0.3) is 16.6 Å². The molecule has 0 spiro atoms. The molecule has 0 N–H and O–H groups in total. The molecule has 200 valence electrons. The van der Waals surface area contributed by atoms with Gasteiger partial charge < -0.3 is 14.5 Å². The number of aromatic nitrogens is 2. The quantitative estimate of drug-likeness (QED) is 0.266. The average molecular weight is 507 g/mol. The number of likely N-dealkylation sites (N-methyl/N-ethyl adjacent to an activating group) is 1. The number of rotatable bonds is 14. The van der Waals surface area contributed by atoms with Crippen molar-refractivity contribution in [1.82, 2.24) is 19.4 Å². The number of nitrogens with zero attached hydrogens (tertiary/aromatic N) is 4. The number of hydrogen-bond acceptors (Lipinski definition) is 5. The monoisotopic (exact) mass is 506 g/mol. The van der Waals surface area contributed by atoms with Gasteiger partial charge in [-0.3, -0.25) is 14.2 Å². The summed E-state index contributed by atoms with van der Waals surface area (Å²) in [5.41, 5.74) is 1.21. The van der Waals surface area contributed by atoms with Gasteiger partial charge in [0.05, 0.1) is 29.7 Å². The second-order valence-electron chi connectivity index (χ2n) is 9.80. The van der Waals surface area contributed by atoms with Crippen molar-refractivity contribution >= 4 is 16.8 Å². The zero-order chi connectivity index (χ0) is 26.8. The first-order valence-corrected chi connectivity index (χ1v) is 13.5. The average Bonchev–Trinajstić information content (AvgIpc) is 2.90. The van der Waals surface area contributed by atoms with E-state index in [9.17, 15) is 9.59 Å². The van der Waals surface area contributed by atoms with E-state index in [1.165, 1.54) is 12.8 Å². The summed E-state index contributed by atoms with van der Waals surface area (Å²) in [7, 11) is 5.64. The predicted octanol–water partition coefficient (Wildman–Crippen LogP) is 5.60. The Bertz CT molecular complexity index is 1200. The molecule has 0 radical (unpaired) electrons. The molecule has 1 amide bonds. The largest absolute Gasteiger partial charge is 0.497 e. The van der Waals surface area contributed by atoms with Crippen molar-refractivity contribution in [3.05, 3.63) is 64.7 Å². The number of unbranched alkanes of at least 4 members (excludes halogenated alkanes) is 4. The zero-order valence-electron chi connectivity index (χ0n) is 23.1. The van der Waals surface area contributed by atoms with Gasteiger partial charge >= 0.3 is 0 Å². The maximum atomic E-state index is 13.8. The third-order valence-corrected chi connectivity index (χ3v) is 6.80. The second-order valence-corrected chi connectivity index (χ2v) is 9.80. The highest BCUT2D eigenvalue weighted by Crippen LogP contribution is 2.27. The van der Waals surface area contributed by atoms with Gasteiger partial charge in [-0.1, -0.05) is 51.7 Å². The predicted molar refractivity (Wildman–Crippen MR) is 151 cm³/mol. The highest BCUT2D eigenvalue weighted by atomic mass is 16.5. The molecule has 0 saturated heterocycles. The van der Waals surface area contributed by atoms with Gasteiger partial charge in [0.25, 0.3) is 5.56 Å². The van der Waals surface area contributed by atoms with Crippen LogP contribution in [0.1, 0.15) is 70.7 Å². The molecule has 1 unspecified atom stereocenters. The molecule has 1 atom stereocenters. The maximum Gasteiger partial charge on any atom is 0.266 e. The fourth-order valence-electron chi connectivity index (χ4n) is 4.68. The minimum atomic E-state index is -0.331. The number of ether oxygens (including phenoxy) is 1. The Hall–Kier alpha value is -3.19. The van der Waals surface area contributed by atoms with Crippen molar-refractivity contribution in [2.75, 3.05) is 34.3 Å². The fourth-order valence-corrected chi connectivity index (χ4v) is 4.68. The van der Waals surface area contributed by atoms with E-state index in [1.807, 2.05) is 61.5 Å². The van der Waals surface area contributed by atoms with E-state index in [0.717, 1.165) is 25.8 Å². The van der Waals surface area contributed by atoms with Crippen LogP contribution >= 0.6 is 0 Å². The zero-order valence-corrected chi connectivity index (χ0v) is 23.1. The number of benzene rings is 2. The van der Waals surface area contributed by atoms with Crippen LogP contribution in [0.15, 0.2) is 53.3 Å². The molecule has 0 aliphatic heterocycles. The first-order chi connectivity index (χ1) is 17.9. The SMILES string of the molecule is CCCCCCCC(=O)N(CCN(C)C)C(CC)c1nc2ccccc2c(=O)n1-c1ccc(OC)cc1. The number of methoxy groups -OCH3 is 1. The lowest BCUT2D eigenvalue weighted by Crippen LogP contribution is -2.41. The summed E-state index contributed by atoms with van der Waals surface area (Å²) in [6.45, 7) is 5.56. The second kappa shape index (κ2) is 13.9. The van der Waals surface area contributed by atoms with Crippen molar-refractivity contribution in [3.63, 3.8) is 0 Å². The van der Waals surface area contributed by atoms with Gasteiger partial charge in [-0.25, -0.2) is 4.98 Å². The molecule has 0 fully saturated rings. The van der Waals surface area contributed by atoms with Gasteiger partial charge in [0.15, 0.2) is 0 Å². The lowest BCUT2D eigenvalue weighted by molar-refractivity contribution is -0.134. The number of fused-ring (bicyclic) bond motifs is 1. The Balaban J connectivity index is 2.09. The summed E-state index contributed by atoms with van der Waals surface area (Å²) in [6, 6.07) is 14.5. The fraction of sp³-hybridized carbons (Fsp3) is 0.500. The molecule has 0 aliphatic carbocycles. The van der Waals surface area contributed by atoms with E-state index in [1.54, 1.807) is 17.7 Å². The molecule has 7 heteroatoms. The number of para-hydroxylation sites is 1. The summed E-state index contributed by atoms with van der Waals surface area (Å²) in [5.74, 6) is 1.42. The molecule has 0 aliphatic rings.